The van der Waals surface area contributed by atoms with Crippen molar-refractivity contribution >= 4 is 5.69 Å². The van der Waals surface area contributed by atoms with E-state index in [0.29, 0.717) is 23.8 Å². The van der Waals surface area contributed by atoms with Crippen LogP contribution in [0.25, 0.3) is 0 Å². The maximum absolute atomic E-state index is 6.01. The first kappa shape index (κ1) is 17.2. The largest absolute Gasteiger partial charge is 0.494 e. The van der Waals surface area contributed by atoms with Gasteiger partial charge >= 0.3 is 0 Å². The smallest absolute Gasteiger partial charge is 0.119 e. The van der Waals surface area contributed by atoms with Crippen molar-refractivity contribution in [3.63, 3.8) is 0 Å². The third-order valence-corrected chi connectivity index (χ3v) is 5.70. The fourth-order valence-corrected chi connectivity index (χ4v) is 4.27. The normalized spacial score (nSPS) is 23.5. The SMILES string of the molecule is Cc1cccc(C2Nc3ccc(OCCC(C)C)cc3C3C=CCC32)c1. The van der Waals surface area contributed by atoms with E-state index >= 15 is 0 Å². The van der Waals surface area contributed by atoms with Crippen LogP contribution in [0.4, 0.5) is 5.69 Å². The summed E-state index contributed by atoms with van der Waals surface area (Å²) in [6, 6.07) is 15.9. The number of benzene rings is 2. The number of hydrogen-bond donors (Lipinski definition) is 1. The Bertz CT molecular complexity index is 808. The number of nitrogens with one attached hydrogen (secondary N) is 1. The van der Waals surface area contributed by atoms with Gasteiger partial charge in [0.2, 0.25) is 0 Å². The maximum Gasteiger partial charge on any atom is 0.119 e. The van der Waals surface area contributed by atoms with E-state index in [0.717, 1.165) is 25.2 Å². The molecule has 0 saturated carbocycles. The molecule has 0 spiro atoms. The summed E-state index contributed by atoms with van der Waals surface area (Å²) in [5.74, 6) is 2.73. The average Bonchev–Trinajstić information content (AvgIpc) is 3.11. The highest BCUT2D eigenvalue weighted by Crippen LogP contribution is 2.50. The van der Waals surface area contributed by atoms with Crippen LogP contribution in [-0.4, -0.2) is 6.61 Å². The second kappa shape index (κ2) is 7.19. The summed E-state index contributed by atoms with van der Waals surface area (Å²) in [4.78, 5) is 0. The summed E-state index contributed by atoms with van der Waals surface area (Å²) in [7, 11) is 0. The van der Waals surface area contributed by atoms with Crippen molar-refractivity contribution in [2.75, 3.05) is 11.9 Å². The lowest BCUT2D eigenvalue weighted by atomic mass is 9.77. The molecule has 2 aromatic rings. The Labute approximate surface area is 157 Å². The Morgan fingerprint density at radius 3 is 2.85 bits per heavy atom. The van der Waals surface area contributed by atoms with E-state index in [1.165, 1.54) is 22.4 Å². The summed E-state index contributed by atoms with van der Waals surface area (Å²) >= 11 is 0. The van der Waals surface area contributed by atoms with Gasteiger partial charge in [-0.05, 0) is 60.9 Å². The van der Waals surface area contributed by atoms with Crippen LogP contribution in [-0.2, 0) is 0 Å². The van der Waals surface area contributed by atoms with E-state index in [1.807, 2.05) is 0 Å². The lowest BCUT2D eigenvalue weighted by Crippen LogP contribution is -2.29. The first-order valence-electron chi connectivity index (χ1n) is 9.88. The minimum Gasteiger partial charge on any atom is -0.494 e. The molecule has 2 heteroatoms. The van der Waals surface area contributed by atoms with Crippen LogP contribution in [0.15, 0.2) is 54.6 Å². The van der Waals surface area contributed by atoms with Crippen molar-refractivity contribution in [2.24, 2.45) is 11.8 Å². The van der Waals surface area contributed by atoms with Gasteiger partial charge in [-0.2, -0.15) is 0 Å². The molecule has 2 nitrogen and oxygen atoms in total. The van der Waals surface area contributed by atoms with Gasteiger partial charge in [0.1, 0.15) is 5.75 Å². The molecule has 0 amide bonds. The van der Waals surface area contributed by atoms with Gasteiger partial charge in [-0.25, -0.2) is 0 Å². The highest BCUT2D eigenvalue weighted by Gasteiger charge is 2.38. The Morgan fingerprint density at radius 2 is 2.04 bits per heavy atom. The molecular weight excluding hydrogens is 318 g/mol. The highest BCUT2D eigenvalue weighted by atomic mass is 16.5. The molecule has 1 aliphatic heterocycles. The first-order valence-corrected chi connectivity index (χ1v) is 9.88. The molecule has 3 unspecified atom stereocenters. The molecule has 2 aliphatic rings. The molecule has 1 aliphatic carbocycles. The molecule has 0 fully saturated rings. The number of rotatable bonds is 5. The molecule has 26 heavy (non-hydrogen) atoms. The summed E-state index contributed by atoms with van der Waals surface area (Å²) in [5, 5.41) is 3.82. The van der Waals surface area contributed by atoms with Crippen LogP contribution in [0.1, 0.15) is 55.3 Å². The lowest BCUT2D eigenvalue weighted by Gasteiger charge is -2.37. The van der Waals surface area contributed by atoms with E-state index in [4.69, 9.17) is 4.74 Å². The monoisotopic (exact) mass is 347 g/mol. The zero-order valence-electron chi connectivity index (χ0n) is 16.0. The zero-order chi connectivity index (χ0) is 18.1. The molecular formula is C24H29NO. The molecule has 2 aromatic carbocycles. The van der Waals surface area contributed by atoms with Gasteiger partial charge in [-0.3, -0.25) is 0 Å². The maximum atomic E-state index is 6.01. The minimum atomic E-state index is 0.370. The van der Waals surface area contributed by atoms with Crippen molar-refractivity contribution in [3.8, 4) is 5.75 Å². The van der Waals surface area contributed by atoms with Crippen molar-refractivity contribution in [1.82, 2.24) is 0 Å². The van der Waals surface area contributed by atoms with Gasteiger partial charge in [-0.1, -0.05) is 55.8 Å². The highest BCUT2D eigenvalue weighted by molar-refractivity contribution is 5.61. The number of ether oxygens (including phenoxy) is 1. The quantitative estimate of drug-likeness (QED) is 0.646. The number of allylic oxidation sites excluding steroid dienone is 2. The van der Waals surface area contributed by atoms with Crippen molar-refractivity contribution in [2.45, 2.75) is 45.6 Å². The average molecular weight is 348 g/mol. The fourth-order valence-electron chi connectivity index (χ4n) is 4.27. The number of anilines is 1. The van der Waals surface area contributed by atoms with Crippen LogP contribution in [0.3, 0.4) is 0 Å². The van der Waals surface area contributed by atoms with Gasteiger partial charge in [0.05, 0.1) is 12.6 Å². The van der Waals surface area contributed by atoms with E-state index in [9.17, 15) is 0 Å². The van der Waals surface area contributed by atoms with Gasteiger partial charge in [-0.15, -0.1) is 0 Å². The lowest BCUT2D eigenvalue weighted by molar-refractivity contribution is 0.289. The topological polar surface area (TPSA) is 21.3 Å². The number of fused-ring (bicyclic) bond motifs is 3. The van der Waals surface area contributed by atoms with Crippen LogP contribution in [0.5, 0.6) is 5.75 Å². The summed E-state index contributed by atoms with van der Waals surface area (Å²) in [6.07, 6.45) is 6.97. The van der Waals surface area contributed by atoms with Crippen molar-refractivity contribution < 1.29 is 4.74 Å². The molecule has 136 valence electrons. The predicted octanol–water partition coefficient (Wildman–Crippen LogP) is 6.25. The second-order valence-corrected chi connectivity index (χ2v) is 8.17. The molecule has 1 heterocycles. The van der Waals surface area contributed by atoms with Gasteiger partial charge in [0, 0.05) is 11.6 Å². The van der Waals surface area contributed by atoms with Gasteiger partial charge < -0.3 is 10.1 Å². The summed E-state index contributed by atoms with van der Waals surface area (Å²) in [5.41, 5.74) is 5.35. The Hall–Kier alpha value is -2.22. The number of hydrogen-bond acceptors (Lipinski definition) is 2. The van der Waals surface area contributed by atoms with E-state index < -0.39 is 0 Å². The zero-order valence-corrected chi connectivity index (χ0v) is 16.0. The molecule has 4 rings (SSSR count). The van der Waals surface area contributed by atoms with E-state index in [-0.39, 0.29) is 0 Å². The first-order chi connectivity index (χ1) is 12.6. The van der Waals surface area contributed by atoms with Crippen LogP contribution in [0.2, 0.25) is 0 Å². The Balaban J connectivity index is 1.60. The van der Waals surface area contributed by atoms with Crippen molar-refractivity contribution in [1.29, 1.82) is 0 Å². The third kappa shape index (κ3) is 3.38. The minimum absolute atomic E-state index is 0.370. The van der Waals surface area contributed by atoms with Crippen LogP contribution < -0.4 is 10.1 Å². The molecule has 0 radical (unpaired) electrons. The number of aryl methyl sites for hydroxylation is 1. The summed E-state index contributed by atoms with van der Waals surface area (Å²) in [6.45, 7) is 7.43. The van der Waals surface area contributed by atoms with Crippen LogP contribution in [0, 0.1) is 18.8 Å². The van der Waals surface area contributed by atoms with Gasteiger partial charge in [0.15, 0.2) is 0 Å². The predicted molar refractivity (Wildman–Crippen MR) is 109 cm³/mol. The standard InChI is InChI=1S/C24H29NO/c1-16(2)12-13-26-19-10-11-23-22(15-19)20-8-5-9-21(20)24(25-23)18-7-4-6-17(3)14-18/h4-8,10-11,14-16,20-21,24-25H,9,12-13H2,1-3H3. The fraction of sp³-hybridized carbons (Fsp3) is 0.417. The van der Waals surface area contributed by atoms with Gasteiger partial charge in [0.25, 0.3) is 0 Å². The van der Waals surface area contributed by atoms with Crippen LogP contribution >= 0.6 is 0 Å². The molecule has 0 aromatic heterocycles. The van der Waals surface area contributed by atoms with E-state index in [1.54, 1.807) is 0 Å². The second-order valence-electron chi connectivity index (χ2n) is 8.17. The third-order valence-electron chi connectivity index (χ3n) is 5.70. The molecule has 0 saturated heterocycles. The Morgan fingerprint density at radius 1 is 1.15 bits per heavy atom. The Kier molecular flexibility index (Phi) is 4.76. The molecule has 0 bridgehead atoms. The van der Waals surface area contributed by atoms with Crippen molar-refractivity contribution in [3.05, 3.63) is 71.3 Å². The molecule has 3 atom stereocenters. The molecule has 1 N–H and O–H groups in total. The summed E-state index contributed by atoms with van der Waals surface area (Å²) < 4.78 is 6.01. The van der Waals surface area contributed by atoms with E-state index in [2.05, 4.69) is 80.7 Å².